The molecular weight excluding hydrogens is 324 g/mol. The molecule has 0 aliphatic heterocycles. The summed E-state index contributed by atoms with van der Waals surface area (Å²) in [5, 5.41) is 0. The van der Waals surface area contributed by atoms with Gasteiger partial charge in [0.1, 0.15) is 5.78 Å². The van der Waals surface area contributed by atoms with Crippen LogP contribution < -0.4 is 0 Å². The first-order valence-electron chi connectivity index (χ1n) is 7.44. The average Bonchev–Trinajstić information content (AvgIpc) is 2.50. The number of carbonyl (C=O) groups excluding carboxylic acids is 1. The molecule has 0 aliphatic carbocycles. The fourth-order valence-corrected chi connectivity index (χ4v) is 2.91. The smallest absolute Gasteiger partial charge is 0.144 e. The van der Waals surface area contributed by atoms with Crippen molar-refractivity contribution in [3.05, 3.63) is 70.2 Å². The van der Waals surface area contributed by atoms with E-state index in [9.17, 15) is 4.79 Å². The maximum atomic E-state index is 12.8. The molecule has 0 N–H and O–H groups in total. The molecule has 0 fully saturated rings. The molecule has 0 aromatic heterocycles. The molecule has 2 aromatic carbocycles. The molecule has 2 rings (SSSR count). The zero-order valence-corrected chi connectivity index (χ0v) is 14.1. The van der Waals surface area contributed by atoms with Gasteiger partial charge in [-0.3, -0.25) is 4.79 Å². The Kier molecular flexibility index (Phi) is 5.75. The molecule has 110 valence electrons. The third kappa shape index (κ3) is 4.28. The van der Waals surface area contributed by atoms with E-state index >= 15 is 0 Å². The molecule has 0 saturated carbocycles. The number of halogens is 1. The van der Waals surface area contributed by atoms with Gasteiger partial charge in [-0.2, -0.15) is 0 Å². The molecule has 0 saturated heterocycles. The van der Waals surface area contributed by atoms with E-state index in [1.807, 2.05) is 42.5 Å². The normalized spacial score (nSPS) is 13.7. The van der Waals surface area contributed by atoms with E-state index in [0.29, 0.717) is 18.1 Å². The molecule has 2 unspecified atom stereocenters. The van der Waals surface area contributed by atoms with Crippen LogP contribution in [0.25, 0.3) is 0 Å². The van der Waals surface area contributed by atoms with Crippen LogP contribution in [0.4, 0.5) is 0 Å². The Labute approximate surface area is 135 Å². The summed E-state index contributed by atoms with van der Waals surface area (Å²) in [7, 11) is 0. The molecule has 0 heterocycles. The summed E-state index contributed by atoms with van der Waals surface area (Å²) in [6, 6.07) is 18.2. The summed E-state index contributed by atoms with van der Waals surface area (Å²) in [5.41, 5.74) is 2.21. The molecule has 2 atom stereocenters. The van der Waals surface area contributed by atoms with Crippen molar-refractivity contribution in [2.24, 2.45) is 5.92 Å². The van der Waals surface area contributed by atoms with Crippen LogP contribution in [0.1, 0.15) is 37.3 Å². The average molecular weight is 345 g/mol. The molecular formula is C19H21BrO. The lowest BCUT2D eigenvalue weighted by atomic mass is 9.80. The van der Waals surface area contributed by atoms with E-state index in [4.69, 9.17) is 0 Å². The number of hydrogen-bond donors (Lipinski definition) is 0. The molecule has 0 bridgehead atoms. The predicted molar refractivity (Wildman–Crippen MR) is 91.5 cm³/mol. The fourth-order valence-electron chi connectivity index (χ4n) is 2.64. The zero-order valence-electron chi connectivity index (χ0n) is 12.6. The second-order valence-electron chi connectivity index (χ2n) is 5.54. The Balaban J connectivity index is 2.20. The minimum absolute atomic E-state index is 0.0140. The summed E-state index contributed by atoms with van der Waals surface area (Å²) in [4.78, 5) is 12.8. The van der Waals surface area contributed by atoms with E-state index in [1.165, 1.54) is 0 Å². The highest BCUT2D eigenvalue weighted by Gasteiger charge is 2.25. The van der Waals surface area contributed by atoms with Crippen LogP contribution in [-0.4, -0.2) is 5.78 Å². The number of hydrogen-bond acceptors (Lipinski definition) is 1. The molecule has 0 aliphatic rings. The summed E-state index contributed by atoms with van der Waals surface area (Å²) >= 11 is 3.43. The topological polar surface area (TPSA) is 17.1 Å². The highest BCUT2D eigenvalue weighted by Crippen LogP contribution is 2.29. The monoisotopic (exact) mass is 344 g/mol. The van der Waals surface area contributed by atoms with E-state index in [1.54, 1.807) is 0 Å². The van der Waals surface area contributed by atoms with Gasteiger partial charge in [-0.1, -0.05) is 78.7 Å². The largest absolute Gasteiger partial charge is 0.299 e. The van der Waals surface area contributed by atoms with Gasteiger partial charge in [-0.15, -0.1) is 0 Å². The van der Waals surface area contributed by atoms with Crippen LogP contribution in [0.2, 0.25) is 0 Å². The maximum Gasteiger partial charge on any atom is 0.144 e. The second kappa shape index (κ2) is 7.56. The fraction of sp³-hybridized carbons (Fsp3) is 0.316. The molecule has 0 amide bonds. The number of Topliss-reactive ketones (excluding diaryl/α,β-unsaturated/α-hetero) is 1. The van der Waals surface area contributed by atoms with Crippen molar-refractivity contribution in [3.63, 3.8) is 0 Å². The molecule has 0 radical (unpaired) electrons. The van der Waals surface area contributed by atoms with Crippen molar-refractivity contribution >= 4 is 21.7 Å². The highest BCUT2D eigenvalue weighted by atomic mass is 79.9. The summed E-state index contributed by atoms with van der Waals surface area (Å²) in [6.07, 6.45) is 1.50. The number of carbonyl (C=O) groups is 1. The van der Waals surface area contributed by atoms with Gasteiger partial charge in [0.05, 0.1) is 0 Å². The Hall–Kier alpha value is -1.41. The van der Waals surface area contributed by atoms with Crippen LogP contribution in [0.3, 0.4) is 0 Å². The Morgan fingerprint density at radius 1 is 1.05 bits per heavy atom. The third-order valence-corrected chi connectivity index (χ3v) is 4.54. The van der Waals surface area contributed by atoms with E-state index in [2.05, 4.69) is 41.9 Å². The molecule has 1 nitrogen and oxygen atoms in total. The third-order valence-electron chi connectivity index (χ3n) is 4.01. The number of rotatable bonds is 6. The van der Waals surface area contributed by atoms with Crippen molar-refractivity contribution in [1.82, 2.24) is 0 Å². The first kappa shape index (κ1) is 16.0. The second-order valence-corrected chi connectivity index (χ2v) is 6.46. The lowest BCUT2D eigenvalue weighted by molar-refractivity contribution is -0.120. The SMILES string of the molecule is CCC(C)C(C(=O)Cc1ccc(Br)cc1)c1ccccc1. The van der Waals surface area contributed by atoms with Crippen molar-refractivity contribution in [1.29, 1.82) is 0 Å². The Bertz CT molecular complexity index is 574. The summed E-state index contributed by atoms with van der Waals surface area (Å²) in [5.74, 6) is 0.646. The molecule has 21 heavy (non-hydrogen) atoms. The van der Waals surface area contributed by atoms with Crippen LogP contribution in [0, 0.1) is 5.92 Å². The van der Waals surface area contributed by atoms with Gasteiger partial charge >= 0.3 is 0 Å². The van der Waals surface area contributed by atoms with Gasteiger partial charge < -0.3 is 0 Å². The Morgan fingerprint density at radius 3 is 2.24 bits per heavy atom. The molecule has 0 spiro atoms. The summed E-state index contributed by atoms with van der Waals surface area (Å²) < 4.78 is 1.04. The van der Waals surface area contributed by atoms with Crippen LogP contribution in [0.15, 0.2) is 59.1 Å². The molecule has 2 heteroatoms. The van der Waals surface area contributed by atoms with Gasteiger partial charge in [0.15, 0.2) is 0 Å². The van der Waals surface area contributed by atoms with Crippen molar-refractivity contribution in [2.75, 3.05) is 0 Å². The van der Waals surface area contributed by atoms with Gasteiger partial charge in [0.2, 0.25) is 0 Å². The number of benzene rings is 2. The standard InChI is InChI=1S/C19H21BrO/c1-3-14(2)19(16-7-5-4-6-8-16)18(21)13-15-9-11-17(20)12-10-15/h4-12,14,19H,3,13H2,1-2H3. The van der Waals surface area contributed by atoms with Crippen molar-refractivity contribution in [2.45, 2.75) is 32.6 Å². The van der Waals surface area contributed by atoms with Gasteiger partial charge in [-0.05, 0) is 29.2 Å². The highest BCUT2D eigenvalue weighted by molar-refractivity contribution is 9.10. The minimum atomic E-state index is -0.0140. The van der Waals surface area contributed by atoms with E-state index < -0.39 is 0 Å². The van der Waals surface area contributed by atoms with Crippen LogP contribution in [-0.2, 0) is 11.2 Å². The van der Waals surface area contributed by atoms with Crippen molar-refractivity contribution < 1.29 is 4.79 Å². The minimum Gasteiger partial charge on any atom is -0.299 e. The first-order valence-corrected chi connectivity index (χ1v) is 8.23. The summed E-state index contributed by atoms with van der Waals surface area (Å²) in [6.45, 7) is 4.31. The predicted octanol–water partition coefficient (Wildman–Crippen LogP) is 5.39. The van der Waals surface area contributed by atoms with Crippen LogP contribution in [0.5, 0.6) is 0 Å². The van der Waals surface area contributed by atoms with Gasteiger partial charge in [-0.25, -0.2) is 0 Å². The van der Waals surface area contributed by atoms with Crippen molar-refractivity contribution in [3.8, 4) is 0 Å². The van der Waals surface area contributed by atoms with Gasteiger partial charge in [0.25, 0.3) is 0 Å². The molecule has 2 aromatic rings. The van der Waals surface area contributed by atoms with Gasteiger partial charge in [0, 0.05) is 16.8 Å². The van der Waals surface area contributed by atoms with E-state index in [-0.39, 0.29) is 5.92 Å². The van der Waals surface area contributed by atoms with Crippen LogP contribution >= 0.6 is 15.9 Å². The maximum absolute atomic E-state index is 12.8. The first-order chi connectivity index (χ1) is 10.1. The lowest BCUT2D eigenvalue weighted by Crippen LogP contribution is -2.21. The Morgan fingerprint density at radius 2 is 1.67 bits per heavy atom. The quantitative estimate of drug-likeness (QED) is 0.686. The number of ketones is 1. The lowest BCUT2D eigenvalue weighted by Gasteiger charge is -2.22. The zero-order chi connectivity index (χ0) is 15.2. The van der Waals surface area contributed by atoms with E-state index in [0.717, 1.165) is 22.0 Å².